The molecule has 1 aliphatic carbocycles. The number of nitrogens with zero attached hydrogens (tertiary/aromatic N) is 5. The highest BCUT2D eigenvalue weighted by Crippen LogP contribution is 2.29. The molecule has 0 bridgehead atoms. The van der Waals surface area contributed by atoms with Crippen molar-refractivity contribution < 1.29 is 19.0 Å². The molecule has 1 aliphatic rings. The molecule has 0 atom stereocenters. The van der Waals surface area contributed by atoms with Crippen LogP contribution in [0.3, 0.4) is 0 Å². The molecule has 2 heterocycles. The topological polar surface area (TPSA) is 115 Å². The fourth-order valence-electron chi connectivity index (χ4n) is 4.26. The molecule has 1 saturated carbocycles. The SMILES string of the molecule is COc1cc(CNC(=O)c2cc(-c3nnn(C[C@H]4CC[C@H](CO)CC4)n3)cc(C)n2)ccc1F. The van der Waals surface area contributed by atoms with E-state index in [2.05, 4.69) is 25.7 Å². The predicted molar refractivity (Wildman–Crippen MR) is 122 cm³/mol. The number of hydrogen-bond donors (Lipinski definition) is 2. The van der Waals surface area contributed by atoms with E-state index in [1.165, 1.54) is 13.2 Å². The minimum absolute atomic E-state index is 0.123. The minimum Gasteiger partial charge on any atom is -0.494 e. The molecule has 1 amide bonds. The van der Waals surface area contributed by atoms with Gasteiger partial charge in [-0.05, 0) is 79.5 Å². The number of carbonyl (C=O) groups excluding carboxylic acids is 1. The second-order valence-corrected chi connectivity index (χ2v) is 8.77. The van der Waals surface area contributed by atoms with Crippen molar-refractivity contribution in [1.82, 2.24) is 30.5 Å². The summed E-state index contributed by atoms with van der Waals surface area (Å²) in [4.78, 5) is 18.7. The number of amides is 1. The van der Waals surface area contributed by atoms with Crippen LogP contribution in [-0.2, 0) is 13.1 Å². The summed E-state index contributed by atoms with van der Waals surface area (Å²) < 4.78 is 18.6. The van der Waals surface area contributed by atoms with Gasteiger partial charge in [0.25, 0.3) is 5.91 Å². The number of nitrogens with one attached hydrogen (secondary N) is 1. The Hall–Kier alpha value is -3.40. The van der Waals surface area contributed by atoms with Crippen LogP contribution in [0, 0.1) is 24.6 Å². The Morgan fingerprint density at radius 3 is 2.71 bits per heavy atom. The molecule has 0 radical (unpaired) electrons. The number of hydrogen-bond acceptors (Lipinski definition) is 7. The van der Waals surface area contributed by atoms with E-state index in [0.29, 0.717) is 41.0 Å². The number of aromatic nitrogens is 5. The number of pyridine rings is 1. The number of benzene rings is 1. The van der Waals surface area contributed by atoms with E-state index in [4.69, 9.17) is 4.74 Å². The zero-order chi connectivity index (χ0) is 24.1. The number of aryl methyl sites for hydroxylation is 1. The summed E-state index contributed by atoms with van der Waals surface area (Å²) in [5.41, 5.74) is 2.26. The molecular formula is C24H29FN6O3. The molecular weight excluding hydrogens is 439 g/mol. The Bertz CT molecular complexity index is 1140. The smallest absolute Gasteiger partial charge is 0.270 e. The first-order valence-corrected chi connectivity index (χ1v) is 11.4. The van der Waals surface area contributed by atoms with Gasteiger partial charge in [0.15, 0.2) is 11.6 Å². The summed E-state index contributed by atoms with van der Waals surface area (Å²) in [5.74, 6) is 0.618. The fraction of sp³-hybridized carbons (Fsp3) is 0.458. The lowest BCUT2D eigenvalue weighted by molar-refractivity contribution is 0.0945. The Balaban J connectivity index is 1.41. The van der Waals surface area contributed by atoms with Crippen LogP contribution >= 0.6 is 0 Å². The summed E-state index contributed by atoms with van der Waals surface area (Å²) in [6.45, 7) is 2.94. The number of methoxy groups -OCH3 is 1. The third-order valence-electron chi connectivity index (χ3n) is 6.21. The van der Waals surface area contributed by atoms with Gasteiger partial charge in [-0.1, -0.05) is 6.07 Å². The first-order valence-electron chi connectivity index (χ1n) is 11.4. The van der Waals surface area contributed by atoms with Gasteiger partial charge in [-0.3, -0.25) is 4.79 Å². The molecule has 9 nitrogen and oxygen atoms in total. The van der Waals surface area contributed by atoms with Gasteiger partial charge in [0.2, 0.25) is 5.82 Å². The zero-order valence-corrected chi connectivity index (χ0v) is 19.4. The predicted octanol–water partition coefficient (Wildman–Crippen LogP) is 2.92. The zero-order valence-electron chi connectivity index (χ0n) is 19.4. The lowest BCUT2D eigenvalue weighted by Gasteiger charge is -2.26. The van der Waals surface area contributed by atoms with Crippen LogP contribution < -0.4 is 10.1 Å². The van der Waals surface area contributed by atoms with Crippen LogP contribution in [-0.4, -0.2) is 49.9 Å². The number of aliphatic hydroxyl groups is 1. The van der Waals surface area contributed by atoms with Crippen LogP contribution in [0.2, 0.25) is 0 Å². The number of tetrazole rings is 1. The van der Waals surface area contributed by atoms with Crippen molar-refractivity contribution in [2.45, 2.75) is 45.7 Å². The van der Waals surface area contributed by atoms with Crippen molar-refractivity contribution in [3.8, 4) is 17.1 Å². The second kappa shape index (κ2) is 10.7. The van der Waals surface area contributed by atoms with Crippen molar-refractivity contribution in [3.05, 3.63) is 53.1 Å². The van der Waals surface area contributed by atoms with Crippen LogP contribution in [0.5, 0.6) is 5.75 Å². The van der Waals surface area contributed by atoms with Gasteiger partial charge >= 0.3 is 0 Å². The third kappa shape index (κ3) is 5.74. The molecule has 34 heavy (non-hydrogen) atoms. The van der Waals surface area contributed by atoms with Gasteiger partial charge in [-0.15, -0.1) is 10.2 Å². The van der Waals surface area contributed by atoms with E-state index in [1.807, 2.05) is 6.07 Å². The normalized spacial score (nSPS) is 18.0. The number of carbonyl (C=O) groups is 1. The third-order valence-corrected chi connectivity index (χ3v) is 6.21. The van der Waals surface area contributed by atoms with Crippen molar-refractivity contribution in [2.75, 3.05) is 13.7 Å². The monoisotopic (exact) mass is 468 g/mol. The van der Waals surface area contributed by atoms with Crippen LogP contribution in [0.15, 0.2) is 30.3 Å². The van der Waals surface area contributed by atoms with E-state index in [0.717, 1.165) is 25.7 Å². The largest absolute Gasteiger partial charge is 0.494 e. The molecule has 4 rings (SSSR count). The summed E-state index contributed by atoms with van der Waals surface area (Å²) in [5, 5.41) is 25.0. The number of rotatable bonds is 8. The molecule has 0 saturated heterocycles. The van der Waals surface area contributed by atoms with Gasteiger partial charge in [0.1, 0.15) is 5.69 Å². The van der Waals surface area contributed by atoms with Crippen LogP contribution in [0.4, 0.5) is 4.39 Å². The van der Waals surface area contributed by atoms with Gasteiger partial charge in [0, 0.05) is 24.4 Å². The van der Waals surface area contributed by atoms with Gasteiger partial charge in [0.05, 0.1) is 13.7 Å². The summed E-state index contributed by atoms with van der Waals surface area (Å²) >= 11 is 0. The molecule has 1 fully saturated rings. The Morgan fingerprint density at radius 2 is 1.97 bits per heavy atom. The molecule has 180 valence electrons. The highest BCUT2D eigenvalue weighted by atomic mass is 19.1. The van der Waals surface area contributed by atoms with Crippen LogP contribution in [0.25, 0.3) is 11.4 Å². The number of ether oxygens (including phenoxy) is 1. The second-order valence-electron chi connectivity index (χ2n) is 8.77. The van der Waals surface area contributed by atoms with Crippen molar-refractivity contribution in [2.24, 2.45) is 11.8 Å². The van der Waals surface area contributed by atoms with E-state index in [-0.39, 0.29) is 30.5 Å². The highest BCUT2D eigenvalue weighted by molar-refractivity contribution is 5.93. The Morgan fingerprint density at radius 1 is 1.21 bits per heavy atom. The maximum Gasteiger partial charge on any atom is 0.270 e. The van der Waals surface area contributed by atoms with E-state index in [1.54, 1.807) is 29.9 Å². The molecule has 10 heteroatoms. The van der Waals surface area contributed by atoms with Gasteiger partial charge < -0.3 is 15.2 Å². The van der Waals surface area contributed by atoms with Crippen LogP contribution in [0.1, 0.15) is 47.4 Å². The summed E-state index contributed by atoms with van der Waals surface area (Å²) in [6.07, 6.45) is 4.13. The molecule has 0 spiro atoms. The lowest BCUT2D eigenvalue weighted by Crippen LogP contribution is -2.24. The Kier molecular flexibility index (Phi) is 7.46. The highest BCUT2D eigenvalue weighted by Gasteiger charge is 2.22. The van der Waals surface area contributed by atoms with E-state index < -0.39 is 5.82 Å². The van der Waals surface area contributed by atoms with Crippen molar-refractivity contribution in [1.29, 1.82) is 0 Å². The molecule has 2 aromatic heterocycles. The minimum atomic E-state index is -0.457. The quantitative estimate of drug-likeness (QED) is 0.522. The van der Waals surface area contributed by atoms with Gasteiger partial charge in [-0.25, -0.2) is 9.37 Å². The number of halogens is 1. The standard InChI is InChI=1S/C24H29FN6O3/c1-15-9-19(23-28-30-31(29-23)13-16-3-5-17(14-32)6-4-16)11-21(27-15)24(33)26-12-18-7-8-20(25)22(10-18)34-2/h7-11,16-17,32H,3-6,12-14H2,1-2H3,(H,26,33)/t16-,17-. The molecule has 0 aliphatic heterocycles. The molecule has 3 aromatic rings. The first kappa shape index (κ1) is 23.7. The van der Waals surface area contributed by atoms with Gasteiger partial charge in [-0.2, -0.15) is 4.80 Å². The summed E-state index contributed by atoms with van der Waals surface area (Å²) in [7, 11) is 1.39. The molecule has 0 unspecified atom stereocenters. The fourth-order valence-corrected chi connectivity index (χ4v) is 4.26. The first-order chi connectivity index (χ1) is 16.4. The maximum absolute atomic E-state index is 13.6. The average Bonchev–Trinajstić information content (AvgIpc) is 3.32. The Labute approximate surface area is 197 Å². The lowest BCUT2D eigenvalue weighted by atomic mass is 9.82. The number of aliphatic hydroxyl groups excluding tert-OH is 1. The molecule has 2 N–H and O–H groups in total. The van der Waals surface area contributed by atoms with E-state index in [9.17, 15) is 14.3 Å². The summed E-state index contributed by atoms with van der Waals surface area (Å²) in [6, 6.07) is 7.89. The van der Waals surface area contributed by atoms with Crippen molar-refractivity contribution in [3.63, 3.8) is 0 Å². The average molecular weight is 469 g/mol. The van der Waals surface area contributed by atoms with E-state index >= 15 is 0 Å². The van der Waals surface area contributed by atoms with Crippen molar-refractivity contribution >= 4 is 5.91 Å². The molecule has 1 aromatic carbocycles. The maximum atomic E-state index is 13.6.